The Balaban J connectivity index is 1.46. The van der Waals surface area contributed by atoms with Crippen molar-refractivity contribution in [2.75, 3.05) is 11.4 Å². The van der Waals surface area contributed by atoms with Crippen LogP contribution >= 0.6 is 0 Å². The molecule has 0 saturated carbocycles. The van der Waals surface area contributed by atoms with Gasteiger partial charge in [-0.25, -0.2) is 0 Å². The molecule has 7 aromatic rings. The van der Waals surface area contributed by atoms with Crippen molar-refractivity contribution in [3.63, 3.8) is 0 Å². The van der Waals surface area contributed by atoms with E-state index in [4.69, 9.17) is 4.98 Å². The van der Waals surface area contributed by atoms with E-state index in [0.717, 1.165) is 12.1 Å². The number of hydrogen-bond donors (Lipinski definition) is 0. The first-order valence-corrected chi connectivity index (χ1v) is 12.4. The van der Waals surface area contributed by atoms with E-state index >= 15 is 0 Å². The number of rotatable bonds is 1. The number of anilines is 2. The van der Waals surface area contributed by atoms with Gasteiger partial charge >= 0.3 is 0 Å². The molecule has 8 rings (SSSR count). The molecular formula is C34H22N2. The molecule has 1 aliphatic rings. The molecule has 0 aliphatic carbocycles. The van der Waals surface area contributed by atoms with Crippen molar-refractivity contribution in [3.05, 3.63) is 121 Å². The summed E-state index contributed by atoms with van der Waals surface area (Å²) in [4.78, 5) is 7.23. The highest BCUT2D eigenvalue weighted by Crippen LogP contribution is 2.44. The highest BCUT2D eigenvalue weighted by Gasteiger charge is 2.21. The van der Waals surface area contributed by atoms with Crippen LogP contribution in [0.4, 0.5) is 11.4 Å². The summed E-state index contributed by atoms with van der Waals surface area (Å²) < 4.78 is 0. The third-order valence-corrected chi connectivity index (χ3v) is 7.62. The summed E-state index contributed by atoms with van der Waals surface area (Å²) in [7, 11) is 0. The molecule has 1 aliphatic heterocycles. The molecule has 0 spiro atoms. The Kier molecular flexibility index (Phi) is 4.03. The van der Waals surface area contributed by atoms with E-state index in [1.807, 2.05) is 12.3 Å². The summed E-state index contributed by atoms with van der Waals surface area (Å²) in [6.45, 7) is 0.829. The Morgan fingerprint density at radius 2 is 1.36 bits per heavy atom. The van der Waals surface area contributed by atoms with Crippen molar-refractivity contribution in [1.29, 1.82) is 0 Å². The summed E-state index contributed by atoms with van der Waals surface area (Å²) in [5.41, 5.74) is 4.80. The lowest BCUT2D eigenvalue weighted by Crippen LogP contribution is -2.21. The van der Waals surface area contributed by atoms with Gasteiger partial charge in [-0.05, 0) is 56.8 Å². The van der Waals surface area contributed by atoms with Gasteiger partial charge in [0.05, 0.1) is 11.2 Å². The molecule has 0 amide bonds. The topological polar surface area (TPSA) is 16.1 Å². The van der Waals surface area contributed by atoms with Crippen LogP contribution in [0.25, 0.3) is 60.1 Å². The molecule has 0 radical (unpaired) electrons. The fraction of sp³-hybridized carbons (Fsp3) is 0.0294. The summed E-state index contributed by atoms with van der Waals surface area (Å²) in [6, 6.07) is 37.6. The highest BCUT2D eigenvalue weighted by molar-refractivity contribution is 6.19. The average Bonchev–Trinajstić information content (AvgIpc) is 2.95. The van der Waals surface area contributed by atoms with Crippen molar-refractivity contribution < 1.29 is 0 Å². The van der Waals surface area contributed by atoms with Gasteiger partial charge in [-0.1, -0.05) is 91.0 Å². The van der Waals surface area contributed by atoms with Crippen LogP contribution in [0, 0.1) is 0 Å². The van der Waals surface area contributed by atoms with E-state index in [1.54, 1.807) is 0 Å². The van der Waals surface area contributed by atoms with E-state index in [2.05, 4.69) is 114 Å². The van der Waals surface area contributed by atoms with Crippen LogP contribution in [0.15, 0.2) is 115 Å². The van der Waals surface area contributed by atoms with Crippen molar-refractivity contribution in [1.82, 2.24) is 4.98 Å². The number of nitrogens with zero attached hydrogens (tertiary/aromatic N) is 2. The first-order valence-electron chi connectivity index (χ1n) is 12.4. The van der Waals surface area contributed by atoms with Crippen LogP contribution in [0.2, 0.25) is 0 Å². The lowest BCUT2D eigenvalue weighted by molar-refractivity contribution is 1.10. The van der Waals surface area contributed by atoms with E-state index in [9.17, 15) is 0 Å². The zero-order chi connectivity index (χ0) is 23.6. The second kappa shape index (κ2) is 7.40. The summed E-state index contributed by atoms with van der Waals surface area (Å²) >= 11 is 0. The molecular weight excluding hydrogens is 436 g/mol. The van der Waals surface area contributed by atoms with Gasteiger partial charge < -0.3 is 4.90 Å². The minimum Gasteiger partial charge on any atom is -0.336 e. The van der Waals surface area contributed by atoms with Crippen LogP contribution in [-0.4, -0.2) is 11.5 Å². The van der Waals surface area contributed by atoms with Crippen LogP contribution < -0.4 is 4.90 Å². The Morgan fingerprint density at radius 1 is 0.583 bits per heavy atom. The van der Waals surface area contributed by atoms with Crippen LogP contribution in [0.1, 0.15) is 5.56 Å². The molecule has 2 heterocycles. The average molecular weight is 459 g/mol. The molecule has 0 unspecified atom stereocenters. The monoisotopic (exact) mass is 458 g/mol. The van der Waals surface area contributed by atoms with Gasteiger partial charge in [0.2, 0.25) is 0 Å². The molecule has 36 heavy (non-hydrogen) atoms. The van der Waals surface area contributed by atoms with E-state index < -0.39 is 0 Å². The van der Waals surface area contributed by atoms with E-state index in [0.29, 0.717) is 0 Å². The van der Waals surface area contributed by atoms with Crippen LogP contribution in [-0.2, 0) is 0 Å². The molecule has 0 atom stereocenters. The summed E-state index contributed by atoms with van der Waals surface area (Å²) in [5, 5.41) is 11.3. The molecule has 0 N–H and O–H groups in total. The second-order valence-electron chi connectivity index (χ2n) is 9.61. The van der Waals surface area contributed by atoms with Gasteiger partial charge in [-0.2, -0.15) is 0 Å². The minimum absolute atomic E-state index is 0.829. The maximum Gasteiger partial charge on any atom is 0.0781 e. The highest BCUT2D eigenvalue weighted by atomic mass is 15.1. The predicted octanol–water partition coefficient (Wildman–Crippen LogP) is 9.01. The molecule has 6 aromatic carbocycles. The normalized spacial score (nSPS) is 13.3. The number of benzene rings is 6. The van der Waals surface area contributed by atoms with Crippen molar-refractivity contribution in [2.45, 2.75) is 0 Å². The van der Waals surface area contributed by atoms with Gasteiger partial charge in [-0.15, -0.1) is 0 Å². The Bertz CT molecular complexity index is 2030. The van der Waals surface area contributed by atoms with Gasteiger partial charge in [0.1, 0.15) is 0 Å². The lowest BCUT2D eigenvalue weighted by atomic mass is 9.94. The minimum atomic E-state index is 0.829. The molecule has 2 heteroatoms. The zero-order valence-corrected chi connectivity index (χ0v) is 19.6. The predicted molar refractivity (Wildman–Crippen MR) is 154 cm³/mol. The van der Waals surface area contributed by atoms with Crippen LogP contribution in [0.3, 0.4) is 0 Å². The number of hydrogen-bond acceptors (Lipinski definition) is 2. The summed E-state index contributed by atoms with van der Waals surface area (Å²) in [5.74, 6) is 0. The Hall–Kier alpha value is -4.69. The van der Waals surface area contributed by atoms with Gasteiger partial charge in [-0.3, -0.25) is 4.98 Å². The Morgan fingerprint density at radius 3 is 2.31 bits per heavy atom. The second-order valence-corrected chi connectivity index (χ2v) is 9.61. The fourth-order valence-electron chi connectivity index (χ4n) is 5.99. The van der Waals surface area contributed by atoms with Gasteiger partial charge in [0, 0.05) is 40.0 Å². The third kappa shape index (κ3) is 2.76. The quantitative estimate of drug-likeness (QED) is 0.180. The SMILES string of the molecule is C1=Cc2ccc3c(ccc4cccnc43)c2N(c2cccc3ccc4cc5ccccc5cc4c23)C1. The van der Waals surface area contributed by atoms with Crippen LogP contribution in [0.5, 0.6) is 0 Å². The van der Waals surface area contributed by atoms with E-state index in [-0.39, 0.29) is 0 Å². The molecule has 0 fully saturated rings. The largest absolute Gasteiger partial charge is 0.336 e. The summed E-state index contributed by atoms with van der Waals surface area (Å²) in [6.07, 6.45) is 6.41. The van der Waals surface area contributed by atoms with Crippen molar-refractivity contribution in [3.8, 4) is 0 Å². The fourth-order valence-corrected chi connectivity index (χ4v) is 5.99. The number of aromatic nitrogens is 1. The van der Waals surface area contributed by atoms with Gasteiger partial charge in [0.25, 0.3) is 0 Å². The molecule has 168 valence electrons. The number of pyridine rings is 1. The van der Waals surface area contributed by atoms with Crippen molar-refractivity contribution >= 4 is 71.4 Å². The number of fused-ring (bicyclic) bond motifs is 9. The van der Waals surface area contributed by atoms with E-state index in [1.165, 1.54) is 65.4 Å². The Labute approximate surface area is 208 Å². The van der Waals surface area contributed by atoms with Crippen molar-refractivity contribution in [2.24, 2.45) is 0 Å². The maximum atomic E-state index is 4.74. The molecule has 1 aromatic heterocycles. The maximum absolute atomic E-state index is 4.74. The zero-order valence-electron chi connectivity index (χ0n) is 19.6. The van der Waals surface area contributed by atoms with Gasteiger partial charge in [0.15, 0.2) is 0 Å². The smallest absolute Gasteiger partial charge is 0.0781 e. The standard InChI is InChI=1S/C34H22N2/c1-2-7-26-21-30-27(20-25(26)6-1)13-12-22-8-3-11-31(32(22)30)36-19-5-10-24-15-16-28-29(34(24)36)17-14-23-9-4-18-35-33(23)28/h1-18,20-21H,19H2. The third-order valence-electron chi connectivity index (χ3n) is 7.62. The molecule has 0 saturated heterocycles. The first kappa shape index (κ1) is 19.6. The molecule has 2 nitrogen and oxygen atoms in total. The first-order chi connectivity index (χ1) is 17.8. The lowest BCUT2D eigenvalue weighted by Gasteiger charge is -2.31. The molecule has 0 bridgehead atoms.